The monoisotopic (exact) mass is 862 g/mol. The Labute approximate surface area is 356 Å². The van der Waals surface area contributed by atoms with Crippen molar-refractivity contribution >= 4 is 19.8 Å². The van der Waals surface area contributed by atoms with E-state index in [2.05, 4.69) is 38.2 Å². The highest BCUT2D eigenvalue weighted by molar-refractivity contribution is 7.45. The van der Waals surface area contributed by atoms with Crippen molar-refractivity contribution in [3.05, 3.63) is 24.3 Å². The second-order valence-electron chi connectivity index (χ2n) is 16.2. The minimum Gasteiger partial charge on any atom is -0.756 e. The van der Waals surface area contributed by atoms with Crippen LogP contribution >= 0.6 is 7.82 Å². The highest BCUT2D eigenvalue weighted by Crippen LogP contribution is 2.43. The Bertz CT molecular complexity index is 1130. The number of allylic oxidation sites excluding steroid dienone is 4. The topological polar surface area (TPSA) is 212 Å². The Morgan fingerprint density at radius 2 is 0.932 bits per heavy atom. The lowest BCUT2D eigenvalue weighted by Gasteiger charge is -2.43. The lowest BCUT2D eigenvalue weighted by Crippen LogP contribution is -2.64. The van der Waals surface area contributed by atoms with Gasteiger partial charge < -0.3 is 48.9 Å². The van der Waals surface area contributed by atoms with Gasteiger partial charge in [0, 0.05) is 12.8 Å². The molecule has 5 N–H and O–H groups in total. The third kappa shape index (κ3) is 28.5. The largest absolute Gasteiger partial charge is 0.756 e. The first-order valence-electron chi connectivity index (χ1n) is 23.1. The molecular formula is C45H82O13P-. The molecule has 59 heavy (non-hydrogen) atoms. The van der Waals surface area contributed by atoms with Gasteiger partial charge in [-0.15, -0.1) is 0 Å². The standard InChI is InChI=1S/C45H83O13P/c1-3-5-7-9-11-13-15-17-19-21-23-25-27-29-31-33-38(46)55-35-37(36-56-59(53,54)58-45-43(51)41(49)40(48)42(50)44(45)52)57-39(47)34-32-30-28-26-24-22-20-18-16-14-12-10-8-6-4-2/h12,14,18,20,37,40-45,48-52H,3-11,13,15-17,19,21-36H2,1-2H3,(H,53,54)/p-1/b14-12-,20-18-/t37-,40?,41-,42+,43-,44-,45?/m1/s1. The molecule has 346 valence electrons. The molecule has 3 unspecified atom stereocenters. The summed E-state index contributed by atoms with van der Waals surface area (Å²) < 4.78 is 33.1. The lowest BCUT2D eigenvalue weighted by molar-refractivity contribution is -0.261. The molecule has 1 aliphatic carbocycles. The number of aliphatic hydroxyl groups is 5. The summed E-state index contributed by atoms with van der Waals surface area (Å²) in [7, 11) is -5.37. The van der Waals surface area contributed by atoms with Gasteiger partial charge in [0.25, 0.3) is 7.82 Å². The molecule has 0 aromatic rings. The molecular weight excluding hydrogens is 779 g/mol. The van der Waals surface area contributed by atoms with E-state index >= 15 is 0 Å². The number of carbonyl (C=O) groups is 2. The van der Waals surface area contributed by atoms with Gasteiger partial charge in [-0.2, -0.15) is 0 Å². The van der Waals surface area contributed by atoms with Gasteiger partial charge in [-0.05, 0) is 44.9 Å². The molecule has 8 atom stereocenters. The first-order valence-corrected chi connectivity index (χ1v) is 24.6. The van der Waals surface area contributed by atoms with E-state index < -0.39 is 75.7 Å². The van der Waals surface area contributed by atoms with Crippen LogP contribution in [0.15, 0.2) is 24.3 Å². The number of phosphoric acid groups is 1. The van der Waals surface area contributed by atoms with Crippen molar-refractivity contribution in [2.24, 2.45) is 0 Å². The Kier molecular flexibility index (Phi) is 33.7. The van der Waals surface area contributed by atoms with Crippen LogP contribution in [0.4, 0.5) is 0 Å². The predicted octanol–water partition coefficient (Wildman–Crippen LogP) is 8.20. The molecule has 1 fully saturated rings. The first kappa shape index (κ1) is 55.3. The fourth-order valence-corrected chi connectivity index (χ4v) is 7.97. The van der Waals surface area contributed by atoms with E-state index in [1.807, 2.05) is 0 Å². The van der Waals surface area contributed by atoms with E-state index in [0.717, 1.165) is 64.2 Å². The lowest BCUT2D eigenvalue weighted by atomic mass is 9.85. The average Bonchev–Trinajstić information content (AvgIpc) is 3.21. The number of carbonyl (C=O) groups excluding carboxylic acids is 2. The average molecular weight is 862 g/mol. The maximum atomic E-state index is 12.7. The van der Waals surface area contributed by atoms with Crippen LogP contribution in [0.2, 0.25) is 0 Å². The predicted molar refractivity (Wildman–Crippen MR) is 228 cm³/mol. The zero-order valence-corrected chi connectivity index (χ0v) is 37.4. The molecule has 0 spiro atoms. The van der Waals surface area contributed by atoms with Crippen molar-refractivity contribution in [2.75, 3.05) is 13.2 Å². The number of ether oxygens (including phenoxy) is 2. The molecule has 1 saturated carbocycles. The molecule has 0 aromatic heterocycles. The Morgan fingerprint density at radius 1 is 0.542 bits per heavy atom. The van der Waals surface area contributed by atoms with Crippen LogP contribution in [0.5, 0.6) is 0 Å². The molecule has 0 radical (unpaired) electrons. The number of rotatable bonds is 38. The summed E-state index contributed by atoms with van der Waals surface area (Å²) in [5, 5.41) is 50.0. The highest BCUT2D eigenvalue weighted by Gasteiger charge is 2.50. The summed E-state index contributed by atoms with van der Waals surface area (Å²) in [6, 6.07) is 0. The molecule has 13 nitrogen and oxygen atoms in total. The quantitative estimate of drug-likeness (QED) is 0.0172. The summed E-state index contributed by atoms with van der Waals surface area (Å²) in [6.07, 6.45) is 24.7. The molecule has 0 aromatic carbocycles. The molecule has 1 aliphatic rings. The van der Waals surface area contributed by atoms with Crippen LogP contribution in [0.1, 0.15) is 194 Å². The van der Waals surface area contributed by atoms with Crippen LogP contribution in [-0.2, 0) is 32.7 Å². The number of esters is 2. The van der Waals surface area contributed by atoms with Crippen molar-refractivity contribution < 1.29 is 63.1 Å². The van der Waals surface area contributed by atoms with Gasteiger partial charge in [0.2, 0.25) is 0 Å². The van der Waals surface area contributed by atoms with Crippen molar-refractivity contribution in [3.8, 4) is 0 Å². The highest BCUT2D eigenvalue weighted by atomic mass is 31.2. The number of aliphatic hydroxyl groups excluding tert-OH is 5. The van der Waals surface area contributed by atoms with Crippen LogP contribution in [0.25, 0.3) is 0 Å². The molecule has 0 aliphatic heterocycles. The Hall–Kier alpha value is -1.67. The molecule has 0 amide bonds. The van der Waals surface area contributed by atoms with Crippen LogP contribution in [-0.4, -0.2) is 93.4 Å². The van der Waals surface area contributed by atoms with Crippen LogP contribution < -0.4 is 4.89 Å². The second kappa shape index (κ2) is 35.9. The smallest absolute Gasteiger partial charge is 0.306 e. The van der Waals surface area contributed by atoms with Crippen molar-refractivity contribution in [1.29, 1.82) is 0 Å². The number of hydrogen-bond acceptors (Lipinski definition) is 13. The maximum absolute atomic E-state index is 12.7. The molecule has 14 heteroatoms. The maximum Gasteiger partial charge on any atom is 0.306 e. The van der Waals surface area contributed by atoms with Gasteiger partial charge >= 0.3 is 11.9 Å². The molecule has 0 saturated heterocycles. The van der Waals surface area contributed by atoms with E-state index in [1.54, 1.807) is 0 Å². The van der Waals surface area contributed by atoms with E-state index in [0.29, 0.717) is 12.8 Å². The van der Waals surface area contributed by atoms with Gasteiger partial charge in [-0.25, -0.2) is 0 Å². The zero-order valence-electron chi connectivity index (χ0n) is 36.5. The Balaban J connectivity index is 2.47. The fourth-order valence-electron chi connectivity index (χ4n) is 7.02. The van der Waals surface area contributed by atoms with Crippen LogP contribution in [0, 0.1) is 0 Å². The minimum absolute atomic E-state index is 0.0676. The van der Waals surface area contributed by atoms with Crippen molar-refractivity contribution in [1.82, 2.24) is 0 Å². The first-order chi connectivity index (χ1) is 28.4. The number of unbranched alkanes of at least 4 members (excludes halogenated alkanes) is 22. The van der Waals surface area contributed by atoms with E-state index in [-0.39, 0.29) is 12.8 Å². The van der Waals surface area contributed by atoms with E-state index in [4.69, 9.17) is 18.5 Å². The SMILES string of the molecule is CCCCC/C=C\C/C=C\CCCCCCCC(=O)O[C@H](COC(=O)CCCCCCCCCCCCCCCCC)COP(=O)([O-])OC1[C@H](O)[C@H](O)C(O)[C@H](O)[C@H]1O. The van der Waals surface area contributed by atoms with Gasteiger partial charge in [-0.3, -0.25) is 14.2 Å². The summed E-state index contributed by atoms with van der Waals surface area (Å²) in [5.41, 5.74) is 0. The van der Waals surface area contributed by atoms with Gasteiger partial charge in [0.15, 0.2) is 6.10 Å². The van der Waals surface area contributed by atoms with E-state index in [1.165, 1.54) is 89.9 Å². The number of hydrogen-bond donors (Lipinski definition) is 5. The molecule has 0 heterocycles. The molecule has 1 rings (SSSR count). The van der Waals surface area contributed by atoms with Gasteiger partial charge in [0.1, 0.15) is 43.2 Å². The zero-order chi connectivity index (χ0) is 43.6. The summed E-state index contributed by atoms with van der Waals surface area (Å²) in [4.78, 5) is 38.0. The number of phosphoric ester groups is 1. The molecule has 0 bridgehead atoms. The third-order valence-electron chi connectivity index (χ3n) is 10.8. The summed E-state index contributed by atoms with van der Waals surface area (Å²) in [6.45, 7) is 3.17. The van der Waals surface area contributed by atoms with Gasteiger partial charge in [0.05, 0.1) is 6.61 Å². The Morgan fingerprint density at radius 3 is 1.42 bits per heavy atom. The van der Waals surface area contributed by atoms with Crippen molar-refractivity contribution in [2.45, 2.75) is 236 Å². The normalized spacial score (nSPS) is 22.5. The minimum atomic E-state index is -5.37. The summed E-state index contributed by atoms with van der Waals surface area (Å²) in [5.74, 6) is -1.14. The van der Waals surface area contributed by atoms with E-state index in [9.17, 15) is 44.6 Å². The van der Waals surface area contributed by atoms with Gasteiger partial charge in [-0.1, -0.05) is 160 Å². The summed E-state index contributed by atoms with van der Waals surface area (Å²) >= 11 is 0. The second-order valence-corrected chi connectivity index (χ2v) is 17.6. The third-order valence-corrected chi connectivity index (χ3v) is 11.8. The fraction of sp³-hybridized carbons (Fsp3) is 0.867. The van der Waals surface area contributed by atoms with Crippen LogP contribution in [0.3, 0.4) is 0 Å². The van der Waals surface area contributed by atoms with Crippen molar-refractivity contribution in [3.63, 3.8) is 0 Å².